The largest absolute Gasteiger partial charge is 0.507 e. The number of anilines is 2. The van der Waals surface area contributed by atoms with Gasteiger partial charge in [0, 0.05) is 35.6 Å². The monoisotopic (exact) mass is 384 g/mol. The first-order valence-electron chi connectivity index (χ1n) is 9.10. The Morgan fingerprint density at radius 1 is 1.22 bits per heavy atom. The van der Waals surface area contributed by atoms with Crippen molar-refractivity contribution < 1.29 is 9.50 Å². The van der Waals surface area contributed by atoms with Crippen molar-refractivity contribution in [1.29, 1.82) is 0 Å². The van der Waals surface area contributed by atoms with E-state index in [2.05, 4.69) is 20.7 Å². The number of thiocarbonyl (C=S) groups is 1. The zero-order valence-corrected chi connectivity index (χ0v) is 15.7. The summed E-state index contributed by atoms with van der Waals surface area (Å²) in [6.07, 6.45) is 5.68. The van der Waals surface area contributed by atoms with E-state index in [-0.39, 0.29) is 10.9 Å². The van der Waals surface area contributed by atoms with Crippen molar-refractivity contribution in [1.82, 2.24) is 5.43 Å². The van der Waals surface area contributed by atoms with E-state index in [0.717, 1.165) is 44.3 Å². The molecule has 0 spiro atoms. The minimum atomic E-state index is -0.340. The molecular formula is C20H21FN4OS. The van der Waals surface area contributed by atoms with Crippen LogP contribution in [-0.4, -0.2) is 29.5 Å². The molecule has 2 aliphatic rings. The molecule has 0 atom stereocenters. The summed E-state index contributed by atoms with van der Waals surface area (Å²) in [6.45, 7) is 2.13. The second-order valence-corrected chi connectivity index (χ2v) is 7.24. The summed E-state index contributed by atoms with van der Waals surface area (Å²) in [4.78, 5) is 2.38. The van der Waals surface area contributed by atoms with Gasteiger partial charge in [-0.2, -0.15) is 5.10 Å². The van der Waals surface area contributed by atoms with Gasteiger partial charge in [-0.1, -0.05) is 6.07 Å². The van der Waals surface area contributed by atoms with Crippen LogP contribution in [0.1, 0.15) is 29.5 Å². The summed E-state index contributed by atoms with van der Waals surface area (Å²) in [5.41, 5.74) is 7.47. The van der Waals surface area contributed by atoms with Gasteiger partial charge in [0.1, 0.15) is 11.6 Å². The number of hydrogen-bond acceptors (Lipinski definition) is 4. The minimum absolute atomic E-state index is 0.252. The third kappa shape index (κ3) is 3.73. The van der Waals surface area contributed by atoms with Crippen LogP contribution in [0.4, 0.5) is 15.8 Å². The Bertz CT molecular complexity index is 913. The first-order valence-corrected chi connectivity index (χ1v) is 9.51. The molecule has 5 nitrogen and oxygen atoms in total. The number of phenols is 1. The molecule has 0 saturated heterocycles. The normalized spacial score (nSPS) is 15.5. The van der Waals surface area contributed by atoms with Crippen LogP contribution in [-0.2, 0) is 12.8 Å². The molecule has 0 aliphatic carbocycles. The average molecular weight is 384 g/mol. The SMILES string of the molecule is Oc1c(/C=N/NC(=S)Nc2cccc(F)c2)cc2c3c1CCCN3CCC2. The number of aryl methyl sites for hydroxylation is 1. The lowest BCUT2D eigenvalue weighted by atomic mass is 9.89. The number of phenolic OH excluding ortho intramolecular Hbond substituents is 1. The Labute approximate surface area is 162 Å². The van der Waals surface area contributed by atoms with Crippen molar-refractivity contribution in [2.24, 2.45) is 5.10 Å². The van der Waals surface area contributed by atoms with Gasteiger partial charge in [-0.05, 0) is 67.7 Å². The van der Waals surface area contributed by atoms with E-state index in [1.807, 2.05) is 6.07 Å². The predicted molar refractivity (Wildman–Crippen MR) is 110 cm³/mol. The first-order chi connectivity index (χ1) is 13.1. The molecule has 2 aliphatic heterocycles. The first kappa shape index (κ1) is 17.7. The molecule has 2 aromatic rings. The van der Waals surface area contributed by atoms with Crippen molar-refractivity contribution in [3.8, 4) is 5.75 Å². The van der Waals surface area contributed by atoms with Gasteiger partial charge < -0.3 is 15.3 Å². The number of hydrogen-bond donors (Lipinski definition) is 3. The molecule has 0 radical (unpaired) electrons. The third-order valence-corrected chi connectivity index (χ3v) is 5.17. The molecule has 7 heteroatoms. The van der Waals surface area contributed by atoms with E-state index < -0.39 is 0 Å². The zero-order valence-electron chi connectivity index (χ0n) is 14.8. The summed E-state index contributed by atoms with van der Waals surface area (Å²) in [6, 6.07) is 8.05. The highest BCUT2D eigenvalue weighted by atomic mass is 32.1. The van der Waals surface area contributed by atoms with Gasteiger partial charge in [-0.25, -0.2) is 4.39 Å². The lowest BCUT2D eigenvalue weighted by molar-refractivity contribution is 0.461. The number of nitrogens with zero attached hydrogens (tertiary/aromatic N) is 2. The van der Waals surface area contributed by atoms with Crippen molar-refractivity contribution in [2.45, 2.75) is 25.7 Å². The van der Waals surface area contributed by atoms with Crippen molar-refractivity contribution in [3.63, 3.8) is 0 Å². The van der Waals surface area contributed by atoms with Crippen LogP contribution in [0.15, 0.2) is 35.4 Å². The maximum Gasteiger partial charge on any atom is 0.191 e. The van der Waals surface area contributed by atoms with Crippen LogP contribution in [0.3, 0.4) is 0 Å². The molecule has 0 amide bonds. The maximum atomic E-state index is 13.2. The molecule has 2 heterocycles. The van der Waals surface area contributed by atoms with Crippen LogP contribution in [0.25, 0.3) is 0 Å². The summed E-state index contributed by atoms with van der Waals surface area (Å²) in [7, 11) is 0. The van der Waals surface area contributed by atoms with Gasteiger partial charge in [0.05, 0.1) is 6.21 Å². The smallest absolute Gasteiger partial charge is 0.191 e. The molecule has 4 rings (SSSR count). The van der Waals surface area contributed by atoms with E-state index >= 15 is 0 Å². The van der Waals surface area contributed by atoms with Gasteiger partial charge in [-0.3, -0.25) is 5.43 Å². The number of aromatic hydroxyl groups is 1. The molecule has 140 valence electrons. The fraction of sp³-hybridized carbons (Fsp3) is 0.300. The average Bonchev–Trinajstić information content (AvgIpc) is 2.65. The van der Waals surface area contributed by atoms with Crippen LogP contribution in [0.2, 0.25) is 0 Å². The molecule has 27 heavy (non-hydrogen) atoms. The van der Waals surface area contributed by atoms with Gasteiger partial charge in [0.15, 0.2) is 5.11 Å². The van der Waals surface area contributed by atoms with Crippen LogP contribution in [0.5, 0.6) is 5.75 Å². The zero-order chi connectivity index (χ0) is 18.8. The standard InChI is InChI=1S/C20H21FN4OS/c21-15-5-1-6-16(11-15)23-20(27)24-22-12-14-10-13-4-2-8-25-9-3-7-17(18(13)25)19(14)26/h1,5-6,10-12,26H,2-4,7-9H2,(H2,23,24,27)/b22-12+. The number of nitrogens with one attached hydrogen (secondary N) is 2. The molecule has 0 bridgehead atoms. The molecule has 2 aromatic carbocycles. The Hall–Kier alpha value is -2.67. The molecule has 0 unspecified atom stereocenters. The predicted octanol–water partition coefficient (Wildman–Crippen LogP) is 3.55. The maximum absolute atomic E-state index is 13.2. The van der Waals surface area contributed by atoms with Gasteiger partial charge >= 0.3 is 0 Å². The summed E-state index contributed by atoms with van der Waals surface area (Å²) in [5.74, 6) is -0.0387. The topological polar surface area (TPSA) is 59.9 Å². The number of halogens is 1. The Balaban J connectivity index is 1.49. The fourth-order valence-electron chi connectivity index (χ4n) is 3.85. The highest BCUT2D eigenvalue weighted by Crippen LogP contribution is 2.41. The molecule has 0 aromatic heterocycles. The van der Waals surface area contributed by atoms with Gasteiger partial charge in [0.2, 0.25) is 0 Å². The number of benzene rings is 2. The number of rotatable bonds is 3. The molecule has 0 fully saturated rings. The van der Waals surface area contributed by atoms with Crippen molar-refractivity contribution in [3.05, 3.63) is 52.8 Å². The molecule has 0 saturated carbocycles. The minimum Gasteiger partial charge on any atom is -0.507 e. The lowest BCUT2D eigenvalue weighted by Crippen LogP contribution is -2.34. The van der Waals surface area contributed by atoms with Gasteiger partial charge in [-0.15, -0.1) is 0 Å². The van der Waals surface area contributed by atoms with E-state index in [0.29, 0.717) is 17.0 Å². The third-order valence-electron chi connectivity index (χ3n) is 4.98. The molecule has 3 N–H and O–H groups in total. The van der Waals surface area contributed by atoms with Crippen LogP contribution >= 0.6 is 12.2 Å². The lowest BCUT2D eigenvalue weighted by Gasteiger charge is -2.37. The quantitative estimate of drug-likeness (QED) is 0.429. The summed E-state index contributed by atoms with van der Waals surface area (Å²) >= 11 is 5.17. The van der Waals surface area contributed by atoms with E-state index in [1.54, 1.807) is 18.3 Å². The number of hydrazone groups is 1. The van der Waals surface area contributed by atoms with Crippen molar-refractivity contribution >= 4 is 34.9 Å². The van der Waals surface area contributed by atoms with E-state index in [9.17, 15) is 9.50 Å². The van der Waals surface area contributed by atoms with Crippen molar-refractivity contribution in [2.75, 3.05) is 23.3 Å². The highest BCUT2D eigenvalue weighted by Gasteiger charge is 2.27. The Morgan fingerprint density at radius 3 is 2.85 bits per heavy atom. The van der Waals surface area contributed by atoms with E-state index in [1.165, 1.54) is 23.4 Å². The second kappa shape index (κ2) is 7.52. The second-order valence-electron chi connectivity index (χ2n) is 6.83. The van der Waals surface area contributed by atoms with Crippen LogP contribution in [0, 0.1) is 5.82 Å². The van der Waals surface area contributed by atoms with Crippen LogP contribution < -0.4 is 15.6 Å². The van der Waals surface area contributed by atoms with Gasteiger partial charge in [0.25, 0.3) is 0 Å². The Kier molecular flexibility index (Phi) is 4.94. The summed E-state index contributed by atoms with van der Waals surface area (Å²) < 4.78 is 13.2. The highest BCUT2D eigenvalue weighted by molar-refractivity contribution is 7.80. The summed E-state index contributed by atoms with van der Waals surface area (Å²) in [5, 5.41) is 17.9. The molecular weight excluding hydrogens is 363 g/mol. The Morgan fingerprint density at radius 2 is 2.04 bits per heavy atom. The fourth-order valence-corrected chi connectivity index (χ4v) is 4.02. The van der Waals surface area contributed by atoms with E-state index in [4.69, 9.17) is 12.2 Å².